The molecule has 0 unspecified atom stereocenters. The Kier molecular flexibility index (Phi) is 10.7. The van der Waals surface area contributed by atoms with Gasteiger partial charge in [0.15, 0.2) is 0 Å². The van der Waals surface area contributed by atoms with Crippen LogP contribution in [0.15, 0.2) is 30.6 Å². The zero-order valence-electron chi connectivity index (χ0n) is 30.3. The highest BCUT2D eigenvalue weighted by molar-refractivity contribution is 5.86. The molecule has 2 aromatic heterocycles. The minimum Gasteiger partial charge on any atom is -0.481 e. The molecule has 10 nitrogen and oxygen atoms in total. The Morgan fingerprint density at radius 2 is 1.48 bits per heavy atom. The molecule has 260 valence electrons. The molecule has 0 saturated carbocycles. The van der Waals surface area contributed by atoms with Gasteiger partial charge in [0.1, 0.15) is 18.0 Å². The van der Waals surface area contributed by atoms with Crippen molar-refractivity contribution >= 4 is 23.3 Å². The van der Waals surface area contributed by atoms with E-state index in [0.717, 1.165) is 117 Å². The smallest absolute Gasteiger partial charge is 0.307 e. The minimum atomic E-state index is -0.815. The molecule has 1 aromatic carbocycles. The quantitative estimate of drug-likeness (QED) is 0.353. The lowest BCUT2D eigenvalue weighted by Crippen LogP contribution is -2.45. The van der Waals surface area contributed by atoms with Gasteiger partial charge in [-0.2, -0.15) is 0 Å². The third-order valence-corrected chi connectivity index (χ3v) is 9.71. The molecule has 0 spiro atoms. The van der Waals surface area contributed by atoms with Gasteiger partial charge >= 0.3 is 5.97 Å². The van der Waals surface area contributed by atoms with E-state index >= 15 is 0 Å². The number of aromatic nitrogens is 3. The van der Waals surface area contributed by atoms with Crippen molar-refractivity contribution in [3.05, 3.63) is 58.7 Å². The van der Waals surface area contributed by atoms with Crippen LogP contribution in [0.2, 0.25) is 0 Å². The number of carbonyl (C=O) groups is 1. The van der Waals surface area contributed by atoms with Gasteiger partial charge in [0, 0.05) is 80.9 Å². The van der Waals surface area contributed by atoms with E-state index in [1.807, 2.05) is 6.92 Å². The summed E-state index contributed by atoms with van der Waals surface area (Å²) in [7, 11) is 2.17. The summed E-state index contributed by atoms with van der Waals surface area (Å²) in [6, 6.07) is 8.92. The van der Waals surface area contributed by atoms with Gasteiger partial charge in [-0.05, 0) is 83.0 Å². The Balaban J connectivity index is 0.000000840. The second-order valence-electron chi connectivity index (χ2n) is 15.6. The van der Waals surface area contributed by atoms with Crippen LogP contribution in [0.25, 0.3) is 11.1 Å². The topological polar surface area (TPSA) is 109 Å². The molecule has 0 atom stereocenters. The Hall–Kier alpha value is -3.76. The highest BCUT2D eigenvalue weighted by Gasteiger charge is 2.31. The number of pyridine rings is 1. The summed E-state index contributed by atoms with van der Waals surface area (Å²) in [5.74, 6) is 1.17. The van der Waals surface area contributed by atoms with E-state index in [0.29, 0.717) is 5.41 Å². The maximum atomic E-state index is 12.0. The molecule has 0 amide bonds. The number of benzene rings is 1. The molecular formula is C38H55N7O3. The van der Waals surface area contributed by atoms with Gasteiger partial charge in [0.05, 0.1) is 17.7 Å². The molecule has 2 N–H and O–H groups in total. The van der Waals surface area contributed by atoms with Crippen molar-refractivity contribution in [1.29, 1.82) is 0 Å². The lowest BCUT2D eigenvalue weighted by atomic mass is 9.82. The number of hydrogen-bond acceptors (Lipinski definition) is 9. The van der Waals surface area contributed by atoms with E-state index < -0.39 is 11.6 Å². The average molecular weight is 658 g/mol. The Morgan fingerprint density at radius 1 is 0.854 bits per heavy atom. The second kappa shape index (κ2) is 14.4. The first-order chi connectivity index (χ1) is 22.6. The fourth-order valence-electron chi connectivity index (χ4n) is 6.88. The standard InChI is InChI=1S/C34H45N7O2.C4H10O/c1-23-28(19-31(42)43)33(40-12-9-34(3,4)10-13-40)32(24(2)37-23)26-6-7-27-21-41(11-8-25(27)18-26)30-20-29(35-22-36-30)39-16-14-38(5)15-17-39;1-4(2,3)5/h6-7,18,20,22H,8-17,19,21H2,1-5H3,(H,42,43);5H,1-3H3. The Bertz CT molecular complexity index is 1590. The summed E-state index contributed by atoms with van der Waals surface area (Å²) in [4.78, 5) is 35.6. The first-order valence-corrected chi connectivity index (χ1v) is 17.4. The number of aliphatic carboxylic acids is 1. The predicted octanol–water partition coefficient (Wildman–Crippen LogP) is 5.50. The lowest BCUT2D eigenvalue weighted by molar-refractivity contribution is -0.136. The highest BCUT2D eigenvalue weighted by Crippen LogP contribution is 2.42. The molecule has 2 saturated heterocycles. The summed E-state index contributed by atoms with van der Waals surface area (Å²) < 4.78 is 0. The van der Waals surface area contributed by atoms with Crippen molar-refractivity contribution in [1.82, 2.24) is 19.9 Å². The molecule has 5 heterocycles. The van der Waals surface area contributed by atoms with E-state index in [9.17, 15) is 9.90 Å². The first kappa shape index (κ1) is 35.5. The normalized spacial score (nSPS) is 18.2. The fraction of sp³-hybridized carbons (Fsp3) is 0.579. The van der Waals surface area contributed by atoms with Crippen LogP contribution < -0.4 is 14.7 Å². The van der Waals surface area contributed by atoms with Crippen molar-refractivity contribution < 1.29 is 15.0 Å². The molecule has 0 radical (unpaired) electrons. The lowest BCUT2D eigenvalue weighted by Gasteiger charge is -2.40. The average Bonchev–Trinajstić information content (AvgIpc) is 3.01. The fourth-order valence-corrected chi connectivity index (χ4v) is 6.88. The van der Waals surface area contributed by atoms with Crippen LogP contribution in [-0.4, -0.2) is 94.5 Å². The van der Waals surface area contributed by atoms with Crippen molar-refractivity contribution in [3.63, 3.8) is 0 Å². The van der Waals surface area contributed by atoms with E-state index in [1.165, 1.54) is 11.1 Å². The predicted molar refractivity (Wildman–Crippen MR) is 194 cm³/mol. The first-order valence-electron chi connectivity index (χ1n) is 17.4. The number of rotatable bonds is 6. The molecule has 2 fully saturated rings. The number of carboxylic acids is 1. The van der Waals surface area contributed by atoms with Gasteiger partial charge in [-0.3, -0.25) is 9.78 Å². The van der Waals surface area contributed by atoms with Crippen LogP contribution in [0.4, 0.5) is 17.3 Å². The second-order valence-corrected chi connectivity index (χ2v) is 15.6. The molecule has 48 heavy (non-hydrogen) atoms. The number of piperazine rings is 1. The number of nitrogens with zero attached hydrogens (tertiary/aromatic N) is 7. The molecule has 10 heteroatoms. The van der Waals surface area contributed by atoms with Gasteiger partial charge in [-0.1, -0.05) is 32.0 Å². The van der Waals surface area contributed by atoms with Crippen molar-refractivity contribution in [2.45, 2.75) is 86.3 Å². The number of carboxylic acid groups (broad SMARTS) is 1. The molecule has 3 aliphatic heterocycles. The largest absolute Gasteiger partial charge is 0.481 e. The number of hydrogen-bond donors (Lipinski definition) is 2. The summed E-state index contributed by atoms with van der Waals surface area (Å²) >= 11 is 0. The highest BCUT2D eigenvalue weighted by atomic mass is 16.4. The summed E-state index contributed by atoms with van der Waals surface area (Å²) in [5, 5.41) is 18.4. The SMILES string of the molecule is CC(C)(C)O.Cc1nc(C)c(-c2ccc3c(c2)CCN(c2cc(N4CCN(C)CC4)ncn2)C3)c(N2CCC(C)(C)CC2)c1CC(=O)O. The van der Waals surface area contributed by atoms with Crippen LogP contribution in [0.1, 0.15) is 75.5 Å². The number of likely N-dealkylation sites (N-methyl/N-ethyl adjacent to an activating group) is 1. The third kappa shape index (κ3) is 8.82. The summed E-state index contributed by atoms with van der Waals surface area (Å²) in [5.41, 5.74) is 8.34. The molecule has 3 aromatic rings. The van der Waals surface area contributed by atoms with Crippen LogP contribution in [0.3, 0.4) is 0 Å². The monoisotopic (exact) mass is 657 g/mol. The third-order valence-electron chi connectivity index (χ3n) is 9.71. The van der Waals surface area contributed by atoms with E-state index in [4.69, 9.17) is 10.1 Å². The van der Waals surface area contributed by atoms with Crippen LogP contribution >= 0.6 is 0 Å². The maximum absolute atomic E-state index is 12.0. The van der Waals surface area contributed by atoms with Gasteiger partial charge in [0.2, 0.25) is 0 Å². The van der Waals surface area contributed by atoms with Crippen LogP contribution in [-0.2, 0) is 24.2 Å². The number of fused-ring (bicyclic) bond motifs is 1. The van der Waals surface area contributed by atoms with E-state index in [2.05, 4.69) is 81.7 Å². The zero-order chi connectivity index (χ0) is 34.8. The molecule has 6 rings (SSSR count). The molecule has 0 bridgehead atoms. The van der Waals surface area contributed by atoms with Gasteiger partial charge in [-0.25, -0.2) is 9.97 Å². The molecule has 3 aliphatic rings. The molecule has 0 aliphatic carbocycles. The van der Waals surface area contributed by atoms with Gasteiger partial charge in [0.25, 0.3) is 0 Å². The van der Waals surface area contributed by atoms with E-state index in [-0.39, 0.29) is 6.42 Å². The minimum absolute atomic E-state index is 0.0176. The Labute approximate surface area is 286 Å². The number of piperidine rings is 1. The number of aliphatic hydroxyl groups is 1. The van der Waals surface area contributed by atoms with Crippen LogP contribution in [0.5, 0.6) is 0 Å². The van der Waals surface area contributed by atoms with Crippen LogP contribution in [0, 0.1) is 19.3 Å². The Morgan fingerprint density at radius 3 is 2.10 bits per heavy atom. The zero-order valence-corrected chi connectivity index (χ0v) is 30.3. The van der Waals surface area contributed by atoms with Crippen molar-refractivity contribution in [2.24, 2.45) is 5.41 Å². The maximum Gasteiger partial charge on any atom is 0.307 e. The van der Waals surface area contributed by atoms with Crippen molar-refractivity contribution in [2.75, 3.05) is 67.6 Å². The van der Waals surface area contributed by atoms with E-state index in [1.54, 1.807) is 27.1 Å². The van der Waals surface area contributed by atoms with Gasteiger partial charge in [-0.15, -0.1) is 0 Å². The van der Waals surface area contributed by atoms with Crippen molar-refractivity contribution in [3.8, 4) is 11.1 Å². The van der Waals surface area contributed by atoms with Gasteiger partial charge < -0.3 is 29.8 Å². The molecular weight excluding hydrogens is 602 g/mol. The summed E-state index contributed by atoms with van der Waals surface area (Å²) in [6.07, 6.45) is 4.77. The summed E-state index contributed by atoms with van der Waals surface area (Å²) in [6.45, 7) is 21.5. The number of anilines is 3. The number of aryl methyl sites for hydroxylation is 2.